The zero-order chi connectivity index (χ0) is 31.2. The highest BCUT2D eigenvalue weighted by Gasteiger charge is 2.70. The first-order valence-electron chi connectivity index (χ1n) is 14.4. The van der Waals surface area contributed by atoms with Crippen molar-refractivity contribution in [3.8, 4) is 0 Å². The number of primary amides is 2. The fourth-order valence-electron chi connectivity index (χ4n) is 7.67. The first kappa shape index (κ1) is 30.6. The van der Waals surface area contributed by atoms with Gasteiger partial charge in [0, 0.05) is 42.9 Å². The average molecular weight is 602 g/mol. The van der Waals surface area contributed by atoms with E-state index in [1.54, 1.807) is 25.3 Å². The molecule has 43 heavy (non-hydrogen) atoms. The lowest BCUT2D eigenvalue weighted by Gasteiger charge is -2.49. The zero-order valence-corrected chi connectivity index (χ0v) is 24.8. The third-order valence-corrected chi connectivity index (χ3v) is 9.44. The summed E-state index contributed by atoms with van der Waals surface area (Å²) in [4.78, 5) is 53.2. The minimum atomic E-state index is -1.09. The van der Waals surface area contributed by atoms with Crippen LogP contribution >= 0.6 is 0 Å². The number of esters is 2. The maximum absolute atomic E-state index is 13.4. The Hall–Kier alpha value is -3.84. The number of rotatable bonds is 6. The third-order valence-electron chi connectivity index (χ3n) is 9.44. The number of carbonyl (C=O) groups excluding carboxylic acids is 4. The van der Waals surface area contributed by atoms with E-state index in [1.807, 2.05) is 39.0 Å². The van der Waals surface area contributed by atoms with E-state index < -0.39 is 90.0 Å². The molecule has 0 unspecified atom stereocenters. The second-order valence-corrected chi connectivity index (χ2v) is 11.9. The van der Waals surface area contributed by atoms with Gasteiger partial charge in [-0.3, -0.25) is 0 Å². The van der Waals surface area contributed by atoms with Gasteiger partial charge in [0.05, 0.1) is 0 Å². The number of nitrogens with one attached hydrogen (secondary N) is 1. The molecule has 1 saturated heterocycles. The predicted octanol–water partition coefficient (Wildman–Crippen LogP) is 2.61. The Balaban J connectivity index is 1.62. The van der Waals surface area contributed by atoms with E-state index in [0.717, 1.165) is 5.57 Å². The quantitative estimate of drug-likeness (QED) is 0.248. The molecular weight excluding hydrogens is 562 g/mol. The van der Waals surface area contributed by atoms with Crippen LogP contribution < -0.4 is 11.5 Å². The number of ether oxygens (including phenoxy) is 6. The first-order chi connectivity index (χ1) is 20.4. The molecule has 2 amide bonds. The summed E-state index contributed by atoms with van der Waals surface area (Å²) < 4.78 is 35.5. The zero-order valence-electron chi connectivity index (χ0n) is 24.8. The predicted molar refractivity (Wildman–Crippen MR) is 149 cm³/mol. The summed E-state index contributed by atoms with van der Waals surface area (Å²) in [6.07, 6.45) is 0.806. The van der Waals surface area contributed by atoms with Gasteiger partial charge in [-0.1, -0.05) is 32.1 Å². The Morgan fingerprint density at radius 1 is 1.12 bits per heavy atom. The molecule has 1 spiro atoms. The largest absolute Gasteiger partial charge is 0.456 e. The van der Waals surface area contributed by atoms with Crippen LogP contribution in [-0.4, -0.2) is 78.4 Å². The molecule has 1 aromatic rings. The van der Waals surface area contributed by atoms with Gasteiger partial charge in [-0.05, 0) is 38.0 Å². The number of hydrogen-bond acceptors (Lipinski definition) is 10. The summed E-state index contributed by atoms with van der Waals surface area (Å²) in [6.45, 7) is 7.18. The normalized spacial score (nSPS) is 40.2. The lowest BCUT2D eigenvalue weighted by Crippen LogP contribution is -2.58. The highest BCUT2D eigenvalue weighted by molar-refractivity contribution is 5.87. The smallest absolute Gasteiger partial charge is 0.404 e. The minimum absolute atomic E-state index is 0.170. The van der Waals surface area contributed by atoms with Crippen molar-refractivity contribution < 1.29 is 47.6 Å². The van der Waals surface area contributed by atoms with Crippen molar-refractivity contribution in [2.24, 2.45) is 41.1 Å². The highest BCUT2D eigenvalue weighted by Crippen LogP contribution is 2.61. The van der Waals surface area contributed by atoms with Crippen LogP contribution in [-0.2, 0) is 33.2 Å². The molecule has 2 aliphatic heterocycles. The van der Waals surface area contributed by atoms with E-state index in [2.05, 4.69) is 4.98 Å². The lowest BCUT2D eigenvalue weighted by molar-refractivity contribution is -0.172. The van der Waals surface area contributed by atoms with E-state index in [9.17, 15) is 19.2 Å². The molecule has 5 N–H and O–H groups in total. The minimum Gasteiger partial charge on any atom is -0.456 e. The summed E-state index contributed by atoms with van der Waals surface area (Å²) >= 11 is 0. The lowest BCUT2D eigenvalue weighted by atomic mass is 9.57. The molecule has 4 aliphatic rings. The van der Waals surface area contributed by atoms with Crippen molar-refractivity contribution in [2.75, 3.05) is 7.11 Å². The summed E-state index contributed by atoms with van der Waals surface area (Å²) in [5, 5.41) is 0. The van der Waals surface area contributed by atoms with Gasteiger partial charge in [-0.15, -0.1) is 0 Å². The molecule has 1 saturated carbocycles. The van der Waals surface area contributed by atoms with Crippen LogP contribution in [0.2, 0.25) is 0 Å². The van der Waals surface area contributed by atoms with E-state index in [-0.39, 0.29) is 18.0 Å². The molecule has 13 nitrogen and oxygen atoms in total. The number of carbonyl (C=O) groups is 4. The van der Waals surface area contributed by atoms with Crippen molar-refractivity contribution in [1.82, 2.24) is 4.98 Å². The van der Waals surface area contributed by atoms with Gasteiger partial charge in [-0.25, -0.2) is 19.2 Å². The SMILES string of the molecule is CO[C@H]1C[C@H]2C=C[C@H]3[C@H]4O[C@]2(/C(C)=C/[C@@H](C)[C@@H]([C@@H](C)OC(N)=O)OC1=O)[C@@H]3[C@H](OC(N)=O)[C@@H](C)[C@H]4OC(=O)c1ccc[nH]1. The van der Waals surface area contributed by atoms with Crippen LogP contribution in [0.3, 0.4) is 0 Å². The monoisotopic (exact) mass is 601 g/mol. The van der Waals surface area contributed by atoms with Gasteiger partial charge >= 0.3 is 24.1 Å². The van der Waals surface area contributed by atoms with Crippen molar-refractivity contribution in [2.45, 2.75) is 76.3 Å². The van der Waals surface area contributed by atoms with E-state index in [0.29, 0.717) is 0 Å². The molecule has 13 heteroatoms. The molecule has 4 bridgehead atoms. The number of amides is 2. The van der Waals surface area contributed by atoms with Crippen LogP contribution in [0.5, 0.6) is 0 Å². The number of aromatic amines is 1. The molecule has 5 rings (SSSR count). The second kappa shape index (κ2) is 11.7. The van der Waals surface area contributed by atoms with Crippen LogP contribution in [0, 0.1) is 29.6 Å². The molecule has 0 aromatic carbocycles. The Labute approximate surface area is 249 Å². The Morgan fingerprint density at radius 2 is 1.86 bits per heavy atom. The number of cyclic esters (lactones) is 1. The molecule has 0 radical (unpaired) electrons. The first-order valence-corrected chi connectivity index (χ1v) is 14.4. The van der Waals surface area contributed by atoms with Crippen molar-refractivity contribution >= 4 is 24.1 Å². The van der Waals surface area contributed by atoms with E-state index in [4.69, 9.17) is 39.9 Å². The Morgan fingerprint density at radius 3 is 2.49 bits per heavy atom. The van der Waals surface area contributed by atoms with Crippen LogP contribution in [0.4, 0.5) is 9.59 Å². The topological polar surface area (TPSA) is 191 Å². The average Bonchev–Trinajstić information content (AvgIpc) is 3.53. The summed E-state index contributed by atoms with van der Waals surface area (Å²) in [5.74, 6) is -3.29. The number of H-pyrrole nitrogens is 1. The van der Waals surface area contributed by atoms with Crippen LogP contribution in [0.15, 0.2) is 42.1 Å². The molecule has 2 fully saturated rings. The fourth-order valence-corrected chi connectivity index (χ4v) is 7.67. The van der Waals surface area contributed by atoms with E-state index >= 15 is 0 Å². The van der Waals surface area contributed by atoms with Gasteiger partial charge < -0.3 is 44.9 Å². The van der Waals surface area contributed by atoms with Gasteiger partial charge in [0.25, 0.3) is 0 Å². The van der Waals surface area contributed by atoms with Gasteiger partial charge in [0.15, 0.2) is 6.10 Å². The molecule has 1 aromatic heterocycles. The molecule has 234 valence electrons. The molecule has 2 aliphatic carbocycles. The number of aromatic nitrogens is 1. The van der Waals surface area contributed by atoms with E-state index in [1.165, 1.54) is 7.11 Å². The van der Waals surface area contributed by atoms with Crippen LogP contribution in [0.1, 0.15) is 44.6 Å². The Kier molecular flexibility index (Phi) is 8.32. The van der Waals surface area contributed by atoms with Gasteiger partial charge in [0.1, 0.15) is 41.8 Å². The molecular formula is C30H39N3O10. The second-order valence-electron chi connectivity index (χ2n) is 11.9. The standard InChI is InChI=1S/C30H39N3O10/c1-13-11-14(2)30-17(12-20(38-5)27(35)40-22(13)16(4)39-28(31)36)8-9-18-21(30)23(42-29(32)37)15(3)24(25(18)43-30)41-26(34)19-7-6-10-33-19/h6-11,13,15-18,20-25,33H,12H2,1-5H3,(H2,31,36)(H2,32,37)/b14-11+/t13-,15-,16-,17-,18-,20+,21+,22+,23-,24-,25-,30+/m1/s1. The van der Waals surface area contributed by atoms with Gasteiger partial charge in [-0.2, -0.15) is 0 Å². The summed E-state index contributed by atoms with van der Waals surface area (Å²) in [7, 11) is 1.41. The molecule has 3 heterocycles. The van der Waals surface area contributed by atoms with Gasteiger partial charge in [0.2, 0.25) is 0 Å². The summed E-state index contributed by atoms with van der Waals surface area (Å²) in [5.41, 5.74) is 10.8. The van der Waals surface area contributed by atoms with Crippen molar-refractivity contribution in [3.05, 3.63) is 47.8 Å². The summed E-state index contributed by atoms with van der Waals surface area (Å²) in [6, 6.07) is 3.30. The maximum atomic E-state index is 13.4. The molecule has 12 atom stereocenters. The number of methoxy groups -OCH3 is 1. The third kappa shape index (κ3) is 5.29. The number of hydrogen-bond donors (Lipinski definition) is 3. The van der Waals surface area contributed by atoms with Crippen molar-refractivity contribution in [1.29, 1.82) is 0 Å². The number of nitrogens with two attached hydrogens (primary N) is 2. The Bertz CT molecular complexity index is 1310. The maximum Gasteiger partial charge on any atom is 0.404 e. The van der Waals surface area contributed by atoms with Crippen LogP contribution in [0.25, 0.3) is 0 Å². The highest BCUT2D eigenvalue weighted by atomic mass is 16.6. The van der Waals surface area contributed by atoms with Crippen molar-refractivity contribution in [3.63, 3.8) is 0 Å². The fraction of sp³-hybridized carbons (Fsp3) is 0.600.